The van der Waals surface area contributed by atoms with Crippen molar-refractivity contribution < 1.29 is 17.9 Å². The molecule has 0 bridgehead atoms. The number of fused-ring (bicyclic) bond motifs is 1. The van der Waals surface area contributed by atoms with Gasteiger partial charge in [-0.3, -0.25) is 4.79 Å². The van der Waals surface area contributed by atoms with E-state index in [4.69, 9.17) is 4.74 Å². The molecular weight excluding hydrogens is 398 g/mol. The second-order valence-corrected chi connectivity index (χ2v) is 8.73. The molecule has 0 unspecified atom stereocenters. The van der Waals surface area contributed by atoms with Gasteiger partial charge < -0.3 is 10.1 Å². The fourth-order valence-electron chi connectivity index (χ4n) is 2.88. The van der Waals surface area contributed by atoms with Gasteiger partial charge in [0.25, 0.3) is 5.91 Å². The van der Waals surface area contributed by atoms with E-state index >= 15 is 0 Å². The van der Waals surface area contributed by atoms with E-state index in [1.54, 1.807) is 32.2 Å². The van der Waals surface area contributed by atoms with E-state index in [2.05, 4.69) is 9.69 Å². The first-order valence-corrected chi connectivity index (χ1v) is 11.0. The standard InChI is InChI=1S/C19H21N3O4S2/c1-4-22(5-2)28(24,25)18-11-13(6-8-16(18)26-3)19(23)21-15-7-9-17-14(10-15)12-20-27-17/h6-12H,4-5H2,1-3H3,(H,21,23). The van der Waals surface area contributed by atoms with Crippen LogP contribution in [0.3, 0.4) is 0 Å². The molecule has 0 aliphatic heterocycles. The fraction of sp³-hybridized carbons (Fsp3) is 0.263. The lowest BCUT2D eigenvalue weighted by atomic mass is 10.2. The molecule has 28 heavy (non-hydrogen) atoms. The first-order valence-electron chi connectivity index (χ1n) is 8.74. The van der Waals surface area contributed by atoms with Gasteiger partial charge in [0.15, 0.2) is 0 Å². The number of benzene rings is 2. The Balaban J connectivity index is 1.94. The van der Waals surface area contributed by atoms with Gasteiger partial charge in [-0.2, -0.15) is 8.68 Å². The number of sulfonamides is 1. The summed E-state index contributed by atoms with van der Waals surface area (Å²) >= 11 is 1.38. The molecule has 0 atom stereocenters. The Labute approximate surface area is 168 Å². The summed E-state index contributed by atoms with van der Waals surface area (Å²) in [4.78, 5) is 12.7. The number of carbonyl (C=O) groups is 1. The topological polar surface area (TPSA) is 88.6 Å². The summed E-state index contributed by atoms with van der Waals surface area (Å²) in [5.41, 5.74) is 0.844. The van der Waals surface area contributed by atoms with Crippen LogP contribution in [0.1, 0.15) is 24.2 Å². The van der Waals surface area contributed by atoms with Crippen LogP contribution in [0.15, 0.2) is 47.5 Å². The summed E-state index contributed by atoms with van der Waals surface area (Å²) in [7, 11) is -2.37. The normalized spacial score (nSPS) is 11.7. The lowest BCUT2D eigenvalue weighted by molar-refractivity contribution is 0.102. The summed E-state index contributed by atoms with van der Waals surface area (Å²) in [6.07, 6.45) is 1.73. The van der Waals surface area contributed by atoms with E-state index in [0.29, 0.717) is 18.8 Å². The van der Waals surface area contributed by atoms with Crippen molar-refractivity contribution in [2.75, 3.05) is 25.5 Å². The largest absolute Gasteiger partial charge is 0.495 e. The Kier molecular flexibility index (Phi) is 5.97. The van der Waals surface area contributed by atoms with Crippen LogP contribution in [0, 0.1) is 0 Å². The first-order chi connectivity index (χ1) is 13.4. The number of rotatable bonds is 7. The third-order valence-corrected chi connectivity index (χ3v) is 7.21. The van der Waals surface area contributed by atoms with Gasteiger partial charge >= 0.3 is 0 Å². The van der Waals surface area contributed by atoms with Crippen molar-refractivity contribution in [3.05, 3.63) is 48.2 Å². The highest BCUT2D eigenvalue weighted by molar-refractivity contribution is 7.89. The van der Waals surface area contributed by atoms with Gasteiger partial charge in [-0.25, -0.2) is 8.42 Å². The highest BCUT2D eigenvalue weighted by Crippen LogP contribution is 2.28. The van der Waals surface area contributed by atoms with Gasteiger partial charge in [0, 0.05) is 35.9 Å². The van der Waals surface area contributed by atoms with E-state index in [0.717, 1.165) is 10.1 Å². The van der Waals surface area contributed by atoms with Crippen LogP contribution in [0.2, 0.25) is 0 Å². The molecule has 0 radical (unpaired) electrons. The smallest absolute Gasteiger partial charge is 0.255 e. The molecule has 0 fully saturated rings. The van der Waals surface area contributed by atoms with Crippen molar-refractivity contribution in [3.63, 3.8) is 0 Å². The quantitative estimate of drug-likeness (QED) is 0.632. The minimum absolute atomic E-state index is 0.0242. The maximum Gasteiger partial charge on any atom is 0.255 e. The zero-order valence-corrected chi connectivity index (χ0v) is 17.4. The minimum atomic E-state index is -3.77. The Morgan fingerprint density at radius 2 is 1.93 bits per heavy atom. The maximum absolute atomic E-state index is 12.9. The average molecular weight is 420 g/mol. The third kappa shape index (κ3) is 3.87. The highest BCUT2D eigenvalue weighted by Gasteiger charge is 2.26. The Morgan fingerprint density at radius 1 is 1.18 bits per heavy atom. The second kappa shape index (κ2) is 8.26. The molecule has 1 aromatic heterocycles. The molecule has 2 aromatic carbocycles. The molecule has 0 saturated heterocycles. The second-order valence-electron chi connectivity index (χ2n) is 5.99. The number of nitrogens with one attached hydrogen (secondary N) is 1. The number of methoxy groups -OCH3 is 1. The van der Waals surface area contributed by atoms with E-state index < -0.39 is 15.9 Å². The van der Waals surface area contributed by atoms with Crippen molar-refractivity contribution in [3.8, 4) is 5.75 Å². The van der Waals surface area contributed by atoms with Gasteiger partial charge in [0.05, 0.1) is 11.8 Å². The SMILES string of the molecule is CCN(CC)S(=O)(=O)c1cc(C(=O)Nc2ccc3sncc3c2)ccc1OC. The number of carbonyl (C=O) groups excluding carboxylic acids is 1. The molecule has 0 aliphatic carbocycles. The lowest BCUT2D eigenvalue weighted by Crippen LogP contribution is -2.31. The number of anilines is 1. The Hall–Kier alpha value is -2.49. The molecule has 0 spiro atoms. The molecule has 148 valence electrons. The van der Waals surface area contributed by atoms with Gasteiger partial charge in [-0.05, 0) is 47.9 Å². The zero-order chi connectivity index (χ0) is 20.3. The molecule has 1 N–H and O–H groups in total. The summed E-state index contributed by atoms with van der Waals surface area (Å²) in [6.45, 7) is 4.18. The van der Waals surface area contributed by atoms with Crippen molar-refractivity contribution >= 4 is 43.2 Å². The summed E-state index contributed by atoms with van der Waals surface area (Å²) in [5, 5.41) is 3.73. The first kappa shape index (κ1) is 20.2. The van der Waals surface area contributed by atoms with Crippen molar-refractivity contribution in [2.45, 2.75) is 18.7 Å². The summed E-state index contributed by atoms with van der Waals surface area (Å²) in [6, 6.07) is 9.89. The molecule has 1 heterocycles. The minimum Gasteiger partial charge on any atom is -0.495 e. The number of amides is 1. The molecule has 7 nitrogen and oxygen atoms in total. The fourth-order valence-corrected chi connectivity index (χ4v) is 5.14. The Bertz CT molecular complexity index is 1110. The van der Waals surface area contributed by atoms with E-state index in [-0.39, 0.29) is 16.2 Å². The van der Waals surface area contributed by atoms with Crippen LogP contribution in [-0.2, 0) is 10.0 Å². The van der Waals surface area contributed by atoms with Gasteiger partial charge in [0.1, 0.15) is 10.6 Å². The number of nitrogens with zero attached hydrogens (tertiary/aromatic N) is 2. The van der Waals surface area contributed by atoms with Crippen molar-refractivity contribution in [1.82, 2.24) is 8.68 Å². The molecule has 3 rings (SSSR count). The number of hydrogen-bond acceptors (Lipinski definition) is 6. The van der Waals surface area contributed by atoms with Crippen LogP contribution in [0.5, 0.6) is 5.75 Å². The summed E-state index contributed by atoms with van der Waals surface area (Å²) in [5.74, 6) is -0.199. The molecule has 0 aliphatic rings. The molecule has 3 aromatic rings. The van der Waals surface area contributed by atoms with Crippen LogP contribution in [0.4, 0.5) is 5.69 Å². The van der Waals surface area contributed by atoms with Crippen molar-refractivity contribution in [1.29, 1.82) is 0 Å². The van der Waals surface area contributed by atoms with Gasteiger partial charge in [-0.15, -0.1) is 0 Å². The van der Waals surface area contributed by atoms with E-state index in [1.165, 1.54) is 35.1 Å². The van der Waals surface area contributed by atoms with Gasteiger partial charge in [0.2, 0.25) is 10.0 Å². The molecule has 0 saturated carbocycles. The molecular formula is C19H21N3O4S2. The predicted octanol–water partition coefficient (Wildman–Crippen LogP) is 3.59. The molecule has 1 amide bonds. The highest BCUT2D eigenvalue weighted by atomic mass is 32.2. The van der Waals surface area contributed by atoms with Crippen LogP contribution in [-0.4, -0.2) is 43.2 Å². The Morgan fingerprint density at radius 3 is 2.61 bits per heavy atom. The van der Waals surface area contributed by atoms with E-state index in [9.17, 15) is 13.2 Å². The zero-order valence-electron chi connectivity index (χ0n) is 15.8. The number of aromatic nitrogens is 1. The van der Waals surface area contributed by atoms with Gasteiger partial charge in [-0.1, -0.05) is 13.8 Å². The monoisotopic (exact) mass is 419 g/mol. The maximum atomic E-state index is 12.9. The van der Waals surface area contributed by atoms with E-state index in [1.807, 2.05) is 12.1 Å². The number of hydrogen-bond donors (Lipinski definition) is 1. The van der Waals surface area contributed by atoms with Crippen LogP contribution < -0.4 is 10.1 Å². The van der Waals surface area contributed by atoms with Crippen LogP contribution >= 0.6 is 11.5 Å². The lowest BCUT2D eigenvalue weighted by Gasteiger charge is -2.20. The molecule has 9 heteroatoms. The van der Waals surface area contributed by atoms with Crippen LogP contribution in [0.25, 0.3) is 10.1 Å². The number of ether oxygens (including phenoxy) is 1. The predicted molar refractivity (Wildman–Crippen MR) is 111 cm³/mol. The third-order valence-electron chi connectivity index (χ3n) is 4.36. The average Bonchev–Trinajstić information content (AvgIpc) is 3.16. The van der Waals surface area contributed by atoms with Crippen molar-refractivity contribution in [2.24, 2.45) is 0 Å². The summed E-state index contributed by atoms with van der Waals surface area (Å²) < 4.78 is 37.5.